The molecule has 1 N–H and O–H groups in total. The van der Waals surface area contributed by atoms with Crippen LogP contribution in [0, 0.1) is 6.92 Å². The highest BCUT2D eigenvalue weighted by atomic mass is 32.1. The van der Waals surface area contributed by atoms with Crippen LogP contribution in [0.4, 0.5) is 0 Å². The second kappa shape index (κ2) is 2.61. The maximum atomic E-state index is 9.38. The summed E-state index contributed by atoms with van der Waals surface area (Å²) >= 11 is 1.82. The Labute approximate surface area is 70.7 Å². The molecule has 2 rings (SSSR count). The average Bonchev–Trinajstić information content (AvgIpc) is 2.33. The van der Waals surface area contributed by atoms with Gasteiger partial charge in [0.2, 0.25) is 0 Å². The molecule has 11 heavy (non-hydrogen) atoms. The number of aliphatic hydroxyl groups is 1. The first-order chi connectivity index (χ1) is 5.27. The predicted octanol–water partition coefficient (Wildman–Crippen LogP) is 2.29. The molecule has 1 saturated carbocycles. The summed E-state index contributed by atoms with van der Waals surface area (Å²) < 4.78 is 0. The summed E-state index contributed by atoms with van der Waals surface area (Å²) in [5.74, 6) is 0.452. The Morgan fingerprint density at radius 2 is 2.27 bits per heavy atom. The number of rotatable bonds is 1. The van der Waals surface area contributed by atoms with Crippen molar-refractivity contribution in [3.63, 3.8) is 0 Å². The lowest BCUT2D eigenvalue weighted by Gasteiger charge is -2.31. The summed E-state index contributed by atoms with van der Waals surface area (Å²) in [4.78, 5) is 2.71. The molecule has 1 aromatic rings. The van der Waals surface area contributed by atoms with Crippen molar-refractivity contribution in [3.05, 3.63) is 21.9 Å². The van der Waals surface area contributed by atoms with Crippen LogP contribution in [0.3, 0.4) is 0 Å². The van der Waals surface area contributed by atoms with Crippen LogP contribution in [0.25, 0.3) is 0 Å². The third kappa shape index (κ3) is 1.21. The number of aryl methyl sites for hydroxylation is 1. The van der Waals surface area contributed by atoms with E-state index in [4.69, 9.17) is 0 Å². The van der Waals surface area contributed by atoms with E-state index in [-0.39, 0.29) is 6.10 Å². The highest BCUT2D eigenvalue weighted by Crippen LogP contribution is 2.39. The van der Waals surface area contributed by atoms with Crippen molar-refractivity contribution in [1.29, 1.82) is 0 Å². The maximum Gasteiger partial charge on any atom is 0.0616 e. The molecular formula is C9H12OS. The molecule has 1 nitrogen and oxygen atoms in total. The zero-order valence-electron chi connectivity index (χ0n) is 6.58. The van der Waals surface area contributed by atoms with Crippen molar-refractivity contribution in [2.24, 2.45) is 0 Å². The van der Waals surface area contributed by atoms with Crippen LogP contribution < -0.4 is 0 Å². The van der Waals surface area contributed by atoms with Gasteiger partial charge in [-0.1, -0.05) is 0 Å². The van der Waals surface area contributed by atoms with Gasteiger partial charge < -0.3 is 5.11 Å². The summed E-state index contributed by atoms with van der Waals surface area (Å²) in [5.41, 5.74) is 0. The Balaban J connectivity index is 2.16. The quantitative estimate of drug-likeness (QED) is 0.682. The fourth-order valence-electron chi connectivity index (χ4n) is 1.47. The molecule has 60 valence electrons. The summed E-state index contributed by atoms with van der Waals surface area (Å²) in [6, 6.07) is 4.28. The molecule has 0 bridgehead atoms. The summed E-state index contributed by atoms with van der Waals surface area (Å²) in [6.07, 6.45) is 2.09. The van der Waals surface area contributed by atoms with Crippen molar-refractivity contribution in [1.82, 2.24) is 0 Å². The molecule has 0 radical (unpaired) electrons. The van der Waals surface area contributed by atoms with E-state index in [0.717, 1.165) is 6.42 Å². The second-order valence-corrected chi connectivity index (χ2v) is 4.52. The smallest absolute Gasteiger partial charge is 0.0616 e. The van der Waals surface area contributed by atoms with Gasteiger partial charge in [-0.05, 0) is 31.9 Å². The minimum atomic E-state index is -0.0620. The largest absolute Gasteiger partial charge is 0.392 e. The first-order valence-corrected chi connectivity index (χ1v) is 4.83. The monoisotopic (exact) mass is 168 g/mol. The van der Waals surface area contributed by atoms with Gasteiger partial charge >= 0.3 is 0 Å². The van der Waals surface area contributed by atoms with Gasteiger partial charge in [-0.15, -0.1) is 11.3 Å². The van der Waals surface area contributed by atoms with Crippen molar-refractivity contribution in [2.75, 3.05) is 0 Å². The van der Waals surface area contributed by atoms with E-state index in [1.54, 1.807) is 0 Å². The van der Waals surface area contributed by atoms with Crippen LogP contribution in [0.2, 0.25) is 0 Å². The number of thiophene rings is 1. The first-order valence-electron chi connectivity index (χ1n) is 4.02. The van der Waals surface area contributed by atoms with Gasteiger partial charge in [0.15, 0.2) is 0 Å². The molecule has 1 aliphatic carbocycles. The van der Waals surface area contributed by atoms with Gasteiger partial charge in [-0.25, -0.2) is 0 Å². The summed E-state index contributed by atoms with van der Waals surface area (Å²) in [5, 5.41) is 9.38. The normalized spacial score (nSPS) is 30.0. The van der Waals surface area contributed by atoms with E-state index in [1.807, 2.05) is 11.3 Å². The lowest BCUT2D eigenvalue weighted by Crippen LogP contribution is -2.27. The molecule has 0 spiro atoms. The number of hydrogen-bond acceptors (Lipinski definition) is 2. The highest BCUT2D eigenvalue weighted by Gasteiger charge is 2.30. The van der Waals surface area contributed by atoms with Gasteiger partial charge in [0.25, 0.3) is 0 Å². The zero-order chi connectivity index (χ0) is 7.84. The molecular weight excluding hydrogens is 156 g/mol. The number of aliphatic hydroxyl groups excluding tert-OH is 1. The molecule has 0 amide bonds. The van der Waals surface area contributed by atoms with Crippen LogP contribution >= 0.6 is 11.3 Å². The lowest BCUT2D eigenvalue weighted by atomic mass is 9.81. The molecule has 1 fully saturated rings. The van der Waals surface area contributed by atoms with E-state index in [0.29, 0.717) is 5.92 Å². The maximum absolute atomic E-state index is 9.38. The fourth-order valence-corrected chi connectivity index (χ4v) is 2.54. The summed E-state index contributed by atoms with van der Waals surface area (Å²) in [6.45, 7) is 2.11. The molecule has 2 atom stereocenters. The third-order valence-electron chi connectivity index (χ3n) is 2.36. The first kappa shape index (κ1) is 7.32. The summed E-state index contributed by atoms with van der Waals surface area (Å²) in [7, 11) is 0. The molecule has 1 aromatic heterocycles. The van der Waals surface area contributed by atoms with Gasteiger partial charge in [0.05, 0.1) is 6.10 Å². The molecule has 0 saturated heterocycles. The molecule has 0 aromatic carbocycles. The topological polar surface area (TPSA) is 20.2 Å². The van der Waals surface area contributed by atoms with E-state index in [2.05, 4.69) is 19.1 Å². The van der Waals surface area contributed by atoms with Gasteiger partial charge in [0, 0.05) is 15.7 Å². The fraction of sp³-hybridized carbons (Fsp3) is 0.556. The Kier molecular flexibility index (Phi) is 1.74. The van der Waals surface area contributed by atoms with Gasteiger partial charge in [0.1, 0.15) is 0 Å². The Bertz CT molecular complexity index is 254. The van der Waals surface area contributed by atoms with E-state index in [1.165, 1.54) is 16.2 Å². The van der Waals surface area contributed by atoms with Crippen LogP contribution in [0.15, 0.2) is 12.1 Å². The predicted molar refractivity (Wildman–Crippen MR) is 47.0 cm³/mol. The van der Waals surface area contributed by atoms with Crippen LogP contribution in [0.5, 0.6) is 0 Å². The number of hydrogen-bond donors (Lipinski definition) is 1. The molecule has 1 heterocycles. The third-order valence-corrected chi connectivity index (χ3v) is 3.50. The Morgan fingerprint density at radius 1 is 1.45 bits per heavy atom. The Morgan fingerprint density at radius 3 is 2.64 bits per heavy atom. The highest BCUT2D eigenvalue weighted by molar-refractivity contribution is 7.12. The van der Waals surface area contributed by atoms with Crippen molar-refractivity contribution in [2.45, 2.75) is 31.8 Å². The van der Waals surface area contributed by atoms with E-state index in [9.17, 15) is 5.11 Å². The zero-order valence-corrected chi connectivity index (χ0v) is 7.40. The molecule has 0 aliphatic heterocycles. The minimum absolute atomic E-state index is 0.0620. The van der Waals surface area contributed by atoms with Crippen LogP contribution in [-0.4, -0.2) is 11.2 Å². The van der Waals surface area contributed by atoms with Gasteiger partial charge in [-0.3, -0.25) is 0 Å². The lowest BCUT2D eigenvalue weighted by molar-refractivity contribution is 0.0677. The van der Waals surface area contributed by atoms with Crippen molar-refractivity contribution >= 4 is 11.3 Å². The molecule has 2 unspecified atom stereocenters. The average molecular weight is 168 g/mol. The van der Waals surface area contributed by atoms with E-state index >= 15 is 0 Å². The van der Waals surface area contributed by atoms with Crippen molar-refractivity contribution < 1.29 is 5.11 Å². The standard InChI is InChI=1S/C9H12OS/c1-6-2-5-9(11-6)7-3-4-8(7)10/h2,5,7-8,10H,3-4H2,1H3. The Hall–Kier alpha value is -0.340. The van der Waals surface area contributed by atoms with Crippen LogP contribution in [-0.2, 0) is 0 Å². The van der Waals surface area contributed by atoms with Crippen molar-refractivity contribution in [3.8, 4) is 0 Å². The van der Waals surface area contributed by atoms with Crippen LogP contribution in [0.1, 0.15) is 28.5 Å². The van der Waals surface area contributed by atoms with Gasteiger partial charge in [-0.2, -0.15) is 0 Å². The molecule has 1 aliphatic rings. The SMILES string of the molecule is Cc1ccc(C2CCC2O)s1. The second-order valence-electron chi connectivity index (χ2n) is 3.20. The minimum Gasteiger partial charge on any atom is -0.392 e. The van der Waals surface area contributed by atoms with E-state index < -0.39 is 0 Å². The molecule has 2 heteroatoms.